The van der Waals surface area contributed by atoms with Gasteiger partial charge in [-0.3, -0.25) is 4.90 Å². The van der Waals surface area contributed by atoms with Crippen LogP contribution in [0.2, 0.25) is 0 Å². The van der Waals surface area contributed by atoms with E-state index in [1.54, 1.807) is 0 Å². The van der Waals surface area contributed by atoms with Crippen molar-refractivity contribution in [2.45, 2.75) is 19.9 Å². The summed E-state index contributed by atoms with van der Waals surface area (Å²) < 4.78 is 0. The monoisotopic (exact) mass is 174 g/mol. The molecule has 0 aliphatic carbocycles. The highest BCUT2D eigenvalue weighted by molar-refractivity contribution is 5.21. The summed E-state index contributed by atoms with van der Waals surface area (Å²) in [6, 6.07) is 8.84. The van der Waals surface area contributed by atoms with Gasteiger partial charge in [-0.1, -0.05) is 29.8 Å². The maximum atomic E-state index is 2.48. The molecule has 0 amide bonds. The quantitative estimate of drug-likeness (QED) is 0.665. The molecular weight excluding hydrogens is 158 g/mol. The molecule has 1 aromatic rings. The van der Waals surface area contributed by atoms with Gasteiger partial charge in [-0.2, -0.15) is 0 Å². The third-order valence-corrected chi connectivity index (χ3v) is 2.56. The van der Waals surface area contributed by atoms with Crippen LogP contribution in [-0.2, 0) is 6.54 Å². The van der Waals surface area contributed by atoms with Gasteiger partial charge in [-0.05, 0) is 31.9 Å². The summed E-state index contributed by atoms with van der Waals surface area (Å²) in [6.45, 7) is 5.63. The third kappa shape index (κ3) is 2.31. The Morgan fingerprint density at radius 3 is 2.62 bits per heavy atom. The number of nitrogens with zero attached hydrogens (tertiary/aromatic N) is 1. The molecule has 1 heterocycles. The maximum absolute atomic E-state index is 2.48. The molecule has 1 aliphatic heterocycles. The molecule has 69 valence electrons. The Morgan fingerprint density at radius 2 is 2.00 bits per heavy atom. The smallest absolute Gasteiger partial charge is 0.0233 e. The van der Waals surface area contributed by atoms with Crippen LogP contribution in [0.15, 0.2) is 24.3 Å². The van der Waals surface area contributed by atoms with Gasteiger partial charge in [0.05, 0.1) is 0 Å². The molecule has 0 atom stereocenters. The summed E-state index contributed by atoms with van der Waals surface area (Å²) in [4.78, 5) is 2.48. The van der Waals surface area contributed by atoms with E-state index in [0.29, 0.717) is 0 Å². The lowest BCUT2D eigenvalue weighted by atomic mass is 10.1. The van der Waals surface area contributed by atoms with E-state index in [1.165, 1.54) is 24.1 Å². The molecule has 1 saturated heterocycles. The fourth-order valence-electron chi connectivity index (χ4n) is 1.73. The van der Waals surface area contributed by atoms with E-state index < -0.39 is 0 Å². The molecule has 1 nitrogen and oxygen atoms in total. The number of likely N-dealkylation sites (tertiary alicyclic amines) is 1. The van der Waals surface area contributed by atoms with Gasteiger partial charge in [0.15, 0.2) is 0 Å². The number of rotatable bonds is 2. The van der Waals surface area contributed by atoms with Crippen LogP contribution in [0, 0.1) is 13.3 Å². The number of benzene rings is 1. The SMILES string of the molecule is Cc1ccc(CN2C[CH]CC2)cc1. The predicted molar refractivity (Wildman–Crippen MR) is 55.4 cm³/mol. The zero-order valence-electron chi connectivity index (χ0n) is 8.16. The molecule has 0 aromatic heterocycles. The minimum atomic E-state index is 1.11. The summed E-state index contributed by atoms with van der Waals surface area (Å²) in [5.74, 6) is 0. The second-order valence-electron chi connectivity index (χ2n) is 3.80. The molecule has 2 rings (SSSR count). The van der Waals surface area contributed by atoms with E-state index >= 15 is 0 Å². The van der Waals surface area contributed by atoms with Gasteiger partial charge in [0, 0.05) is 13.1 Å². The van der Waals surface area contributed by atoms with Crippen molar-refractivity contribution < 1.29 is 0 Å². The maximum Gasteiger partial charge on any atom is 0.0233 e. The largest absolute Gasteiger partial charge is 0.299 e. The fourth-order valence-corrected chi connectivity index (χ4v) is 1.73. The molecule has 1 aliphatic rings. The van der Waals surface area contributed by atoms with Crippen LogP contribution in [0.5, 0.6) is 0 Å². The lowest BCUT2D eigenvalue weighted by Crippen LogP contribution is -2.18. The Kier molecular flexibility index (Phi) is 2.65. The van der Waals surface area contributed by atoms with Crippen LogP contribution < -0.4 is 0 Å². The third-order valence-electron chi connectivity index (χ3n) is 2.56. The van der Waals surface area contributed by atoms with Crippen molar-refractivity contribution in [3.63, 3.8) is 0 Å². The van der Waals surface area contributed by atoms with Crippen LogP contribution >= 0.6 is 0 Å². The Morgan fingerprint density at radius 1 is 1.23 bits per heavy atom. The van der Waals surface area contributed by atoms with Gasteiger partial charge < -0.3 is 0 Å². The lowest BCUT2D eigenvalue weighted by Gasteiger charge is -2.14. The van der Waals surface area contributed by atoms with Crippen molar-refractivity contribution >= 4 is 0 Å². The first-order valence-corrected chi connectivity index (χ1v) is 4.94. The molecule has 0 saturated carbocycles. The molecule has 0 bridgehead atoms. The summed E-state index contributed by atoms with van der Waals surface area (Å²) in [5.41, 5.74) is 2.78. The number of aryl methyl sites for hydroxylation is 1. The van der Waals surface area contributed by atoms with Gasteiger partial charge in [0.25, 0.3) is 0 Å². The summed E-state index contributed by atoms with van der Waals surface area (Å²) >= 11 is 0. The first-order chi connectivity index (χ1) is 6.34. The van der Waals surface area contributed by atoms with Crippen LogP contribution in [0.3, 0.4) is 0 Å². The molecule has 1 radical (unpaired) electrons. The van der Waals surface area contributed by atoms with E-state index in [1.807, 2.05) is 0 Å². The molecule has 1 aromatic carbocycles. The minimum absolute atomic E-state index is 1.11. The Bertz CT molecular complexity index is 257. The van der Waals surface area contributed by atoms with Crippen molar-refractivity contribution in [3.05, 3.63) is 41.8 Å². The van der Waals surface area contributed by atoms with Crippen molar-refractivity contribution in [2.24, 2.45) is 0 Å². The minimum Gasteiger partial charge on any atom is -0.299 e. The second-order valence-corrected chi connectivity index (χ2v) is 3.80. The van der Waals surface area contributed by atoms with Crippen LogP contribution in [-0.4, -0.2) is 18.0 Å². The van der Waals surface area contributed by atoms with Gasteiger partial charge >= 0.3 is 0 Å². The van der Waals surface area contributed by atoms with Crippen molar-refractivity contribution in [1.29, 1.82) is 0 Å². The van der Waals surface area contributed by atoms with Gasteiger partial charge in [-0.25, -0.2) is 0 Å². The molecule has 1 heteroatoms. The van der Waals surface area contributed by atoms with Gasteiger partial charge in [0.2, 0.25) is 0 Å². The van der Waals surface area contributed by atoms with E-state index in [-0.39, 0.29) is 0 Å². The van der Waals surface area contributed by atoms with E-state index in [2.05, 4.69) is 42.5 Å². The highest BCUT2D eigenvalue weighted by Gasteiger charge is 2.11. The highest BCUT2D eigenvalue weighted by atomic mass is 15.1. The Hall–Kier alpha value is -0.820. The second kappa shape index (κ2) is 3.93. The standard InChI is InChI=1S/C12H16N/c1-11-4-6-12(7-5-11)10-13-8-2-3-9-13/h2,4-7H,3,8-10H2,1H3. The summed E-state index contributed by atoms with van der Waals surface area (Å²) in [7, 11) is 0. The molecule has 0 unspecified atom stereocenters. The molecule has 0 N–H and O–H groups in total. The molecule has 1 fully saturated rings. The topological polar surface area (TPSA) is 3.24 Å². The van der Waals surface area contributed by atoms with Crippen molar-refractivity contribution in [1.82, 2.24) is 4.90 Å². The fraction of sp³-hybridized carbons (Fsp3) is 0.417. The van der Waals surface area contributed by atoms with E-state index in [4.69, 9.17) is 0 Å². The van der Waals surface area contributed by atoms with Crippen LogP contribution in [0.4, 0.5) is 0 Å². The first-order valence-electron chi connectivity index (χ1n) is 4.94. The highest BCUT2D eigenvalue weighted by Crippen LogP contribution is 2.12. The zero-order valence-corrected chi connectivity index (χ0v) is 8.16. The lowest BCUT2D eigenvalue weighted by molar-refractivity contribution is 0.337. The van der Waals surface area contributed by atoms with Gasteiger partial charge in [0.1, 0.15) is 0 Å². The molecule has 0 spiro atoms. The number of hydrogen-bond donors (Lipinski definition) is 0. The van der Waals surface area contributed by atoms with E-state index in [9.17, 15) is 0 Å². The van der Waals surface area contributed by atoms with Crippen molar-refractivity contribution in [3.8, 4) is 0 Å². The zero-order chi connectivity index (χ0) is 9.10. The Labute approximate surface area is 80.4 Å². The van der Waals surface area contributed by atoms with Crippen LogP contribution in [0.1, 0.15) is 17.5 Å². The number of hydrogen-bond acceptors (Lipinski definition) is 1. The van der Waals surface area contributed by atoms with E-state index in [0.717, 1.165) is 13.1 Å². The predicted octanol–water partition coefficient (Wildman–Crippen LogP) is 2.41. The molecule has 13 heavy (non-hydrogen) atoms. The molecular formula is C12H16N. The normalized spacial score (nSPS) is 17.9. The summed E-state index contributed by atoms with van der Waals surface area (Å²) in [5, 5.41) is 0. The summed E-state index contributed by atoms with van der Waals surface area (Å²) in [6.07, 6.45) is 3.61. The average molecular weight is 174 g/mol. The van der Waals surface area contributed by atoms with Crippen molar-refractivity contribution in [2.75, 3.05) is 13.1 Å². The van der Waals surface area contributed by atoms with Gasteiger partial charge in [-0.15, -0.1) is 0 Å². The first kappa shape index (κ1) is 8.76. The average Bonchev–Trinajstić information content (AvgIpc) is 2.62. The Balaban J connectivity index is 1.97. The van der Waals surface area contributed by atoms with Crippen LogP contribution in [0.25, 0.3) is 0 Å².